The minimum absolute atomic E-state index is 0.151. The predicted molar refractivity (Wildman–Crippen MR) is 105 cm³/mol. The number of anilines is 1. The van der Waals surface area contributed by atoms with Crippen LogP contribution in [-0.4, -0.2) is 16.3 Å². The van der Waals surface area contributed by atoms with E-state index in [9.17, 15) is 14.4 Å². The standard InChI is InChI=1S/C21H17ClN2O3/c1-14-7-10-20(26)24(12-14)13-19(25)23-18-9-8-16(22)11-17(18)21(27)15-5-3-2-4-6-15/h2-12H,13H2,1H3,(H,23,25). The van der Waals surface area contributed by atoms with Crippen molar-refractivity contribution in [1.29, 1.82) is 0 Å². The van der Waals surface area contributed by atoms with Crippen molar-refractivity contribution in [2.45, 2.75) is 13.5 Å². The van der Waals surface area contributed by atoms with Crippen LogP contribution in [0.2, 0.25) is 5.02 Å². The molecule has 0 radical (unpaired) electrons. The average Bonchev–Trinajstić information content (AvgIpc) is 2.66. The molecule has 6 heteroatoms. The van der Waals surface area contributed by atoms with Gasteiger partial charge < -0.3 is 9.88 Å². The molecule has 3 aromatic rings. The van der Waals surface area contributed by atoms with E-state index in [1.165, 1.54) is 16.7 Å². The molecule has 0 saturated carbocycles. The van der Waals surface area contributed by atoms with Gasteiger partial charge in [0, 0.05) is 28.4 Å². The lowest BCUT2D eigenvalue weighted by Crippen LogP contribution is -2.27. The van der Waals surface area contributed by atoms with Crippen LogP contribution in [0.25, 0.3) is 0 Å². The van der Waals surface area contributed by atoms with E-state index in [0.717, 1.165) is 5.56 Å². The van der Waals surface area contributed by atoms with E-state index in [4.69, 9.17) is 11.6 Å². The number of hydrogen-bond acceptors (Lipinski definition) is 3. The SMILES string of the molecule is Cc1ccc(=O)n(CC(=O)Nc2ccc(Cl)cc2C(=O)c2ccccc2)c1. The number of carbonyl (C=O) groups is 2. The van der Waals surface area contributed by atoms with Gasteiger partial charge in [-0.15, -0.1) is 0 Å². The zero-order valence-corrected chi connectivity index (χ0v) is 15.4. The van der Waals surface area contributed by atoms with E-state index in [2.05, 4.69) is 5.32 Å². The lowest BCUT2D eigenvalue weighted by atomic mass is 10.0. The Balaban J connectivity index is 1.87. The molecular formula is C21H17ClN2O3. The van der Waals surface area contributed by atoms with Crippen LogP contribution in [-0.2, 0) is 11.3 Å². The van der Waals surface area contributed by atoms with Crippen molar-refractivity contribution in [2.75, 3.05) is 5.32 Å². The van der Waals surface area contributed by atoms with E-state index in [1.54, 1.807) is 48.7 Å². The van der Waals surface area contributed by atoms with E-state index in [-0.39, 0.29) is 17.9 Å². The van der Waals surface area contributed by atoms with Crippen molar-refractivity contribution in [2.24, 2.45) is 0 Å². The number of ketones is 1. The smallest absolute Gasteiger partial charge is 0.251 e. The predicted octanol–water partition coefficient (Wildman–Crippen LogP) is 3.68. The summed E-state index contributed by atoms with van der Waals surface area (Å²) in [4.78, 5) is 37.1. The Morgan fingerprint density at radius 1 is 1.04 bits per heavy atom. The van der Waals surface area contributed by atoms with Crippen LogP contribution in [0.4, 0.5) is 5.69 Å². The van der Waals surface area contributed by atoms with Crippen molar-refractivity contribution < 1.29 is 9.59 Å². The summed E-state index contributed by atoms with van der Waals surface area (Å²) in [5, 5.41) is 3.10. The van der Waals surface area contributed by atoms with Crippen molar-refractivity contribution in [3.63, 3.8) is 0 Å². The summed E-state index contributed by atoms with van der Waals surface area (Å²) in [6.07, 6.45) is 1.61. The molecule has 1 N–H and O–H groups in total. The molecule has 0 bridgehead atoms. The summed E-state index contributed by atoms with van der Waals surface area (Å²) in [5.74, 6) is -0.659. The maximum atomic E-state index is 12.8. The van der Waals surface area contributed by atoms with Crippen LogP contribution in [0.3, 0.4) is 0 Å². The zero-order valence-electron chi connectivity index (χ0n) is 14.6. The van der Waals surface area contributed by atoms with Gasteiger partial charge in [-0.3, -0.25) is 14.4 Å². The first-order chi connectivity index (χ1) is 12.9. The lowest BCUT2D eigenvalue weighted by Gasteiger charge is -2.12. The summed E-state index contributed by atoms with van der Waals surface area (Å²) >= 11 is 6.04. The van der Waals surface area contributed by atoms with Gasteiger partial charge in [0.1, 0.15) is 6.54 Å². The summed E-state index contributed by atoms with van der Waals surface area (Å²) in [6, 6.07) is 16.5. The topological polar surface area (TPSA) is 68.2 Å². The normalized spacial score (nSPS) is 10.4. The summed E-state index contributed by atoms with van der Waals surface area (Å²) in [7, 11) is 0. The molecule has 5 nitrogen and oxygen atoms in total. The van der Waals surface area contributed by atoms with Gasteiger partial charge in [-0.1, -0.05) is 48.0 Å². The van der Waals surface area contributed by atoms with E-state index in [0.29, 0.717) is 21.8 Å². The number of nitrogens with zero attached hydrogens (tertiary/aromatic N) is 1. The maximum absolute atomic E-state index is 12.8. The second-order valence-corrected chi connectivity index (χ2v) is 6.54. The van der Waals surface area contributed by atoms with Crippen molar-refractivity contribution in [3.8, 4) is 0 Å². The number of rotatable bonds is 5. The number of aryl methyl sites for hydroxylation is 1. The van der Waals surface area contributed by atoms with Crippen LogP contribution in [0.5, 0.6) is 0 Å². The van der Waals surface area contributed by atoms with Crippen LogP contribution in [0.1, 0.15) is 21.5 Å². The van der Waals surface area contributed by atoms with Crippen molar-refractivity contribution in [3.05, 3.63) is 98.9 Å². The first-order valence-electron chi connectivity index (χ1n) is 8.30. The fraction of sp³-hybridized carbons (Fsp3) is 0.0952. The number of hydrogen-bond donors (Lipinski definition) is 1. The molecule has 0 aliphatic carbocycles. The molecule has 1 amide bonds. The molecule has 0 spiro atoms. The molecule has 0 saturated heterocycles. The van der Waals surface area contributed by atoms with E-state index >= 15 is 0 Å². The van der Waals surface area contributed by atoms with Gasteiger partial charge in [0.25, 0.3) is 5.56 Å². The molecule has 2 aromatic carbocycles. The number of benzene rings is 2. The molecule has 1 aromatic heterocycles. The Morgan fingerprint density at radius 3 is 2.52 bits per heavy atom. The third-order valence-corrected chi connectivity index (χ3v) is 4.22. The van der Waals surface area contributed by atoms with Crippen LogP contribution >= 0.6 is 11.6 Å². The molecule has 0 fully saturated rings. The molecule has 136 valence electrons. The van der Waals surface area contributed by atoms with Crippen molar-refractivity contribution in [1.82, 2.24) is 4.57 Å². The van der Waals surface area contributed by atoms with E-state index in [1.807, 2.05) is 13.0 Å². The highest BCUT2D eigenvalue weighted by Crippen LogP contribution is 2.23. The molecule has 0 aliphatic heterocycles. The maximum Gasteiger partial charge on any atom is 0.251 e. The number of amides is 1. The fourth-order valence-corrected chi connectivity index (χ4v) is 2.85. The molecular weight excluding hydrogens is 364 g/mol. The molecule has 27 heavy (non-hydrogen) atoms. The number of aromatic nitrogens is 1. The number of carbonyl (C=O) groups excluding carboxylic acids is 2. The van der Waals surface area contributed by atoms with Gasteiger partial charge in [-0.25, -0.2) is 0 Å². The van der Waals surface area contributed by atoms with Gasteiger partial charge in [-0.2, -0.15) is 0 Å². The first-order valence-corrected chi connectivity index (χ1v) is 8.68. The highest BCUT2D eigenvalue weighted by atomic mass is 35.5. The summed E-state index contributed by atoms with van der Waals surface area (Å²) in [6.45, 7) is 1.69. The van der Waals surface area contributed by atoms with Gasteiger partial charge >= 0.3 is 0 Å². The molecule has 3 rings (SSSR count). The summed E-state index contributed by atoms with van der Waals surface area (Å²) in [5.41, 5.74) is 1.73. The lowest BCUT2D eigenvalue weighted by molar-refractivity contribution is -0.116. The third-order valence-electron chi connectivity index (χ3n) is 3.98. The molecule has 0 atom stereocenters. The van der Waals surface area contributed by atoms with Crippen LogP contribution < -0.4 is 10.9 Å². The minimum atomic E-state index is -0.410. The quantitative estimate of drug-likeness (QED) is 0.686. The Kier molecular flexibility index (Phi) is 5.52. The molecule has 0 aliphatic rings. The third kappa shape index (κ3) is 4.51. The molecule has 0 unspecified atom stereocenters. The Morgan fingerprint density at radius 2 is 1.78 bits per heavy atom. The summed E-state index contributed by atoms with van der Waals surface area (Å²) < 4.78 is 1.32. The average molecular weight is 381 g/mol. The first kappa shape index (κ1) is 18.6. The Hall–Kier alpha value is -3.18. The number of pyridine rings is 1. The largest absolute Gasteiger partial charge is 0.324 e. The Labute approximate surface area is 161 Å². The van der Waals surface area contributed by atoms with Gasteiger partial charge in [0.05, 0.1) is 5.69 Å². The molecule has 1 heterocycles. The highest BCUT2D eigenvalue weighted by Gasteiger charge is 2.16. The second-order valence-electron chi connectivity index (χ2n) is 6.11. The van der Waals surface area contributed by atoms with Gasteiger partial charge in [0.2, 0.25) is 5.91 Å². The van der Waals surface area contributed by atoms with E-state index < -0.39 is 5.91 Å². The van der Waals surface area contributed by atoms with Crippen LogP contribution in [0.15, 0.2) is 71.7 Å². The second kappa shape index (κ2) is 8.01. The number of nitrogens with one attached hydrogen (secondary N) is 1. The number of halogens is 1. The van der Waals surface area contributed by atoms with Gasteiger partial charge in [-0.05, 0) is 30.7 Å². The van der Waals surface area contributed by atoms with Crippen molar-refractivity contribution >= 4 is 29.0 Å². The van der Waals surface area contributed by atoms with Crippen LogP contribution in [0, 0.1) is 6.92 Å². The minimum Gasteiger partial charge on any atom is -0.324 e. The Bertz CT molecular complexity index is 1060. The monoisotopic (exact) mass is 380 g/mol. The van der Waals surface area contributed by atoms with Gasteiger partial charge in [0.15, 0.2) is 5.78 Å². The zero-order chi connectivity index (χ0) is 19.4. The highest BCUT2D eigenvalue weighted by molar-refractivity contribution is 6.31. The fourth-order valence-electron chi connectivity index (χ4n) is 2.68.